The molecule has 0 saturated heterocycles. The lowest BCUT2D eigenvalue weighted by Crippen LogP contribution is -2.53. The molecule has 1 aromatic rings. The zero-order valence-electron chi connectivity index (χ0n) is 13.8. The molecule has 1 rings (SSSR count). The van der Waals surface area contributed by atoms with E-state index in [0.717, 1.165) is 43.3 Å². The number of hydrogen-bond acceptors (Lipinski definition) is 3. The van der Waals surface area contributed by atoms with Crippen molar-refractivity contribution in [3.63, 3.8) is 0 Å². The summed E-state index contributed by atoms with van der Waals surface area (Å²) in [5, 5.41) is 3.70. The van der Waals surface area contributed by atoms with Gasteiger partial charge in [-0.2, -0.15) is 0 Å². The van der Waals surface area contributed by atoms with Crippen LogP contribution in [-0.2, 0) is 11.2 Å². The summed E-state index contributed by atoms with van der Waals surface area (Å²) >= 11 is 3.51. The zero-order chi connectivity index (χ0) is 15.7. The summed E-state index contributed by atoms with van der Waals surface area (Å²) in [6.07, 6.45) is 7.87. The summed E-state index contributed by atoms with van der Waals surface area (Å²) in [6, 6.07) is 2.46. The van der Waals surface area contributed by atoms with Crippen LogP contribution in [0.15, 0.2) is 22.9 Å². The quantitative estimate of drug-likeness (QED) is 0.676. The SMILES string of the molecule is CCCNC(Cc1cncc(Br)c1)C(CC)(CC)OCC. The van der Waals surface area contributed by atoms with Crippen molar-refractivity contribution in [3.05, 3.63) is 28.5 Å². The lowest BCUT2D eigenvalue weighted by Gasteiger charge is -2.40. The average Bonchev–Trinajstić information content (AvgIpc) is 2.49. The van der Waals surface area contributed by atoms with Crippen molar-refractivity contribution in [2.24, 2.45) is 0 Å². The van der Waals surface area contributed by atoms with Crippen molar-refractivity contribution in [2.45, 2.75) is 65.0 Å². The van der Waals surface area contributed by atoms with Gasteiger partial charge in [0.1, 0.15) is 0 Å². The van der Waals surface area contributed by atoms with Crippen molar-refractivity contribution < 1.29 is 4.74 Å². The lowest BCUT2D eigenvalue weighted by atomic mass is 9.84. The van der Waals surface area contributed by atoms with Crippen molar-refractivity contribution in [1.29, 1.82) is 0 Å². The van der Waals surface area contributed by atoms with E-state index in [4.69, 9.17) is 4.74 Å². The minimum atomic E-state index is -0.105. The Morgan fingerprint density at radius 3 is 2.48 bits per heavy atom. The zero-order valence-corrected chi connectivity index (χ0v) is 15.4. The monoisotopic (exact) mass is 356 g/mol. The smallest absolute Gasteiger partial charge is 0.0832 e. The van der Waals surface area contributed by atoms with E-state index in [2.05, 4.69) is 60.0 Å². The Bertz CT molecular complexity index is 408. The van der Waals surface area contributed by atoms with Crippen LogP contribution in [0.4, 0.5) is 0 Å². The van der Waals surface area contributed by atoms with Crippen LogP contribution in [0, 0.1) is 0 Å². The molecule has 1 heterocycles. The van der Waals surface area contributed by atoms with E-state index in [-0.39, 0.29) is 5.60 Å². The maximum absolute atomic E-state index is 6.19. The first-order valence-electron chi connectivity index (χ1n) is 8.08. The lowest BCUT2D eigenvalue weighted by molar-refractivity contribution is -0.0718. The second-order valence-electron chi connectivity index (χ2n) is 5.43. The molecular formula is C17H29BrN2O. The molecular weight excluding hydrogens is 328 g/mol. The third-order valence-corrected chi connectivity index (χ3v) is 4.54. The Kier molecular flexibility index (Phi) is 8.45. The first-order valence-corrected chi connectivity index (χ1v) is 8.87. The summed E-state index contributed by atoms with van der Waals surface area (Å²) < 4.78 is 7.23. The van der Waals surface area contributed by atoms with E-state index in [1.165, 1.54) is 5.56 Å². The molecule has 1 aromatic heterocycles. The minimum absolute atomic E-state index is 0.105. The fourth-order valence-electron chi connectivity index (χ4n) is 2.90. The van der Waals surface area contributed by atoms with Gasteiger partial charge in [-0.25, -0.2) is 0 Å². The molecule has 0 aromatic carbocycles. The topological polar surface area (TPSA) is 34.2 Å². The molecule has 3 nitrogen and oxygen atoms in total. The average molecular weight is 357 g/mol. The van der Waals surface area contributed by atoms with Gasteiger partial charge in [-0.3, -0.25) is 4.98 Å². The highest BCUT2D eigenvalue weighted by Crippen LogP contribution is 2.28. The van der Waals surface area contributed by atoms with Crippen molar-refractivity contribution in [1.82, 2.24) is 10.3 Å². The number of pyridine rings is 1. The predicted octanol–water partition coefficient (Wildman–Crippen LogP) is 4.35. The van der Waals surface area contributed by atoms with Crippen LogP contribution in [-0.4, -0.2) is 29.8 Å². The molecule has 0 bridgehead atoms. The van der Waals surface area contributed by atoms with Crippen LogP contribution in [0.1, 0.15) is 52.5 Å². The Balaban J connectivity index is 2.96. The number of nitrogens with one attached hydrogen (secondary N) is 1. The predicted molar refractivity (Wildman–Crippen MR) is 92.7 cm³/mol. The highest BCUT2D eigenvalue weighted by atomic mass is 79.9. The van der Waals surface area contributed by atoms with Gasteiger partial charge in [0, 0.05) is 29.5 Å². The first kappa shape index (κ1) is 18.6. The Morgan fingerprint density at radius 2 is 1.95 bits per heavy atom. The number of halogens is 1. The molecule has 0 aliphatic heterocycles. The van der Waals surface area contributed by atoms with E-state index in [1.54, 1.807) is 0 Å². The normalized spacial score (nSPS) is 13.4. The van der Waals surface area contributed by atoms with Crippen LogP contribution in [0.2, 0.25) is 0 Å². The van der Waals surface area contributed by atoms with Crippen LogP contribution >= 0.6 is 15.9 Å². The van der Waals surface area contributed by atoms with Crippen molar-refractivity contribution in [3.8, 4) is 0 Å². The van der Waals surface area contributed by atoms with Crippen LogP contribution < -0.4 is 5.32 Å². The van der Waals surface area contributed by atoms with E-state index >= 15 is 0 Å². The number of hydrogen-bond donors (Lipinski definition) is 1. The Labute approximate surface area is 138 Å². The molecule has 0 aliphatic rings. The van der Waals surface area contributed by atoms with Crippen LogP contribution in [0.5, 0.6) is 0 Å². The molecule has 0 amide bonds. The molecule has 1 unspecified atom stereocenters. The summed E-state index contributed by atoms with van der Waals surface area (Å²) in [5.74, 6) is 0. The first-order chi connectivity index (χ1) is 10.1. The van der Waals surface area contributed by atoms with Gasteiger partial charge in [-0.05, 0) is 66.7 Å². The third-order valence-electron chi connectivity index (χ3n) is 4.11. The van der Waals surface area contributed by atoms with Crippen LogP contribution in [0.25, 0.3) is 0 Å². The van der Waals surface area contributed by atoms with Gasteiger partial charge >= 0.3 is 0 Å². The van der Waals surface area contributed by atoms with E-state index in [1.807, 2.05) is 12.4 Å². The van der Waals surface area contributed by atoms with Crippen molar-refractivity contribution >= 4 is 15.9 Å². The summed E-state index contributed by atoms with van der Waals surface area (Å²) in [4.78, 5) is 4.28. The highest BCUT2D eigenvalue weighted by Gasteiger charge is 2.36. The van der Waals surface area contributed by atoms with Gasteiger partial charge in [-0.1, -0.05) is 20.8 Å². The van der Waals surface area contributed by atoms with E-state index in [0.29, 0.717) is 6.04 Å². The number of ether oxygens (including phenoxy) is 1. The second-order valence-corrected chi connectivity index (χ2v) is 6.34. The second kappa shape index (κ2) is 9.54. The maximum atomic E-state index is 6.19. The molecule has 21 heavy (non-hydrogen) atoms. The minimum Gasteiger partial charge on any atom is -0.374 e. The molecule has 0 radical (unpaired) electrons. The largest absolute Gasteiger partial charge is 0.374 e. The van der Waals surface area contributed by atoms with Gasteiger partial charge in [0.2, 0.25) is 0 Å². The van der Waals surface area contributed by atoms with Gasteiger partial charge in [0.25, 0.3) is 0 Å². The molecule has 0 fully saturated rings. The van der Waals surface area contributed by atoms with Gasteiger partial charge in [0.15, 0.2) is 0 Å². The number of rotatable bonds is 10. The van der Waals surface area contributed by atoms with Crippen molar-refractivity contribution in [2.75, 3.05) is 13.2 Å². The third kappa shape index (κ3) is 5.35. The van der Waals surface area contributed by atoms with Crippen LogP contribution in [0.3, 0.4) is 0 Å². The molecule has 1 atom stereocenters. The Morgan fingerprint density at radius 1 is 1.24 bits per heavy atom. The molecule has 120 valence electrons. The van der Waals surface area contributed by atoms with Gasteiger partial charge < -0.3 is 10.1 Å². The van der Waals surface area contributed by atoms with E-state index < -0.39 is 0 Å². The highest BCUT2D eigenvalue weighted by molar-refractivity contribution is 9.10. The number of aromatic nitrogens is 1. The summed E-state index contributed by atoms with van der Waals surface area (Å²) in [5.41, 5.74) is 1.13. The standard InChI is InChI=1S/C17H29BrN2O/c1-5-9-20-16(17(6-2,7-3)21-8-4)11-14-10-15(18)13-19-12-14/h10,12-13,16,20H,5-9,11H2,1-4H3. The number of nitrogens with zero attached hydrogens (tertiary/aromatic N) is 1. The molecule has 4 heteroatoms. The van der Waals surface area contributed by atoms with Gasteiger partial charge in [0.05, 0.1) is 5.60 Å². The molecule has 1 N–H and O–H groups in total. The fraction of sp³-hybridized carbons (Fsp3) is 0.706. The Hall–Kier alpha value is -0.450. The fourth-order valence-corrected chi connectivity index (χ4v) is 3.31. The summed E-state index contributed by atoms with van der Waals surface area (Å²) in [7, 11) is 0. The maximum Gasteiger partial charge on any atom is 0.0832 e. The molecule has 0 saturated carbocycles. The van der Waals surface area contributed by atoms with E-state index in [9.17, 15) is 0 Å². The molecule has 0 aliphatic carbocycles. The van der Waals surface area contributed by atoms with Gasteiger partial charge in [-0.15, -0.1) is 0 Å². The summed E-state index contributed by atoms with van der Waals surface area (Å²) in [6.45, 7) is 10.5. The molecule has 0 spiro atoms.